The number of aryl methyl sites for hydroxylation is 1. The molecule has 0 saturated heterocycles. The summed E-state index contributed by atoms with van der Waals surface area (Å²) in [5, 5.41) is 12.5. The molecular weight excluding hydrogens is 444 g/mol. The van der Waals surface area contributed by atoms with E-state index < -0.39 is 0 Å². The number of aromatic amines is 1. The van der Waals surface area contributed by atoms with Gasteiger partial charge in [0.15, 0.2) is 18.1 Å². The molecule has 4 aromatic rings. The zero-order valence-corrected chi connectivity index (χ0v) is 19.6. The minimum atomic E-state index is -0.337. The number of amides is 1. The van der Waals surface area contributed by atoms with Crippen molar-refractivity contribution in [2.45, 2.75) is 6.92 Å². The van der Waals surface area contributed by atoms with Crippen LogP contribution in [0.25, 0.3) is 22.7 Å². The lowest BCUT2D eigenvalue weighted by molar-refractivity contribution is -0.118. The van der Waals surface area contributed by atoms with E-state index >= 15 is 0 Å². The lowest BCUT2D eigenvalue weighted by atomic mass is 10.1. The fourth-order valence-corrected chi connectivity index (χ4v) is 3.54. The second-order valence-electron chi connectivity index (χ2n) is 7.72. The molecule has 8 nitrogen and oxygen atoms in total. The highest BCUT2D eigenvalue weighted by Gasteiger charge is 2.13. The van der Waals surface area contributed by atoms with Gasteiger partial charge in [-0.2, -0.15) is 5.26 Å². The predicted octanol–water partition coefficient (Wildman–Crippen LogP) is 4.97. The first kappa shape index (κ1) is 23.4. The molecule has 0 bridgehead atoms. The highest BCUT2D eigenvalue weighted by molar-refractivity contribution is 5.93. The Morgan fingerprint density at radius 2 is 1.83 bits per heavy atom. The summed E-state index contributed by atoms with van der Waals surface area (Å²) < 4.78 is 16.4. The highest BCUT2D eigenvalue weighted by atomic mass is 16.5. The molecule has 0 saturated carbocycles. The van der Waals surface area contributed by atoms with Crippen LogP contribution in [0.4, 0.5) is 5.69 Å². The molecule has 0 atom stereocenters. The van der Waals surface area contributed by atoms with Crippen LogP contribution < -0.4 is 19.5 Å². The van der Waals surface area contributed by atoms with E-state index in [2.05, 4.69) is 21.4 Å². The van der Waals surface area contributed by atoms with Crippen LogP contribution in [0.5, 0.6) is 17.2 Å². The van der Waals surface area contributed by atoms with E-state index in [1.165, 1.54) is 7.11 Å². The third kappa shape index (κ3) is 5.42. The molecule has 4 rings (SSSR count). The van der Waals surface area contributed by atoms with Gasteiger partial charge in [0.2, 0.25) is 0 Å². The summed E-state index contributed by atoms with van der Waals surface area (Å²) in [6.45, 7) is 1.71. The van der Waals surface area contributed by atoms with Crippen molar-refractivity contribution in [1.82, 2.24) is 9.97 Å². The number of carbonyl (C=O) groups is 1. The molecule has 176 valence electrons. The first-order chi connectivity index (χ1) is 17.0. The number of hydrogen-bond donors (Lipinski definition) is 2. The number of nitriles is 1. The topological polar surface area (TPSA) is 109 Å². The molecule has 0 spiro atoms. The molecule has 3 aromatic carbocycles. The number of fused-ring (bicyclic) bond motifs is 1. The molecular formula is C27H24N4O4. The number of benzene rings is 3. The Bertz CT molecular complexity index is 1420. The van der Waals surface area contributed by atoms with Crippen LogP contribution in [0.15, 0.2) is 60.7 Å². The van der Waals surface area contributed by atoms with Crippen molar-refractivity contribution in [3.05, 3.63) is 77.6 Å². The summed E-state index contributed by atoms with van der Waals surface area (Å²) in [5.41, 5.74) is 4.30. The van der Waals surface area contributed by atoms with E-state index in [4.69, 9.17) is 14.2 Å². The summed E-state index contributed by atoms with van der Waals surface area (Å²) in [6, 6.07) is 20.5. The number of aromatic nitrogens is 2. The maximum absolute atomic E-state index is 12.5. The highest BCUT2D eigenvalue weighted by Crippen LogP contribution is 2.30. The summed E-state index contributed by atoms with van der Waals surface area (Å²) in [6.07, 6.45) is 1.71. The van der Waals surface area contributed by atoms with Gasteiger partial charge in [-0.05, 0) is 60.5 Å². The molecule has 1 heterocycles. The Labute approximate surface area is 202 Å². The van der Waals surface area contributed by atoms with Gasteiger partial charge in [-0.25, -0.2) is 4.98 Å². The van der Waals surface area contributed by atoms with E-state index in [1.807, 2.05) is 43.3 Å². The van der Waals surface area contributed by atoms with Crippen molar-refractivity contribution in [2.24, 2.45) is 0 Å². The first-order valence-corrected chi connectivity index (χ1v) is 10.8. The quantitative estimate of drug-likeness (QED) is 0.353. The number of hydrogen-bond acceptors (Lipinski definition) is 6. The zero-order valence-electron chi connectivity index (χ0n) is 19.6. The molecule has 1 aromatic heterocycles. The van der Waals surface area contributed by atoms with E-state index in [1.54, 1.807) is 37.5 Å². The second-order valence-corrected chi connectivity index (χ2v) is 7.72. The summed E-state index contributed by atoms with van der Waals surface area (Å²) in [5.74, 6) is 1.54. The minimum Gasteiger partial charge on any atom is -0.495 e. The molecule has 0 fully saturated rings. The maximum atomic E-state index is 12.5. The largest absolute Gasteiger partial charge is 0.495 e. The van der Waals surface area contributed by atoms with Gasteiger partial charge in [0.1, 0.15) is 17.6 Å². The summed E-state index contributed by atoms with van der Waals surface area (Å²) >= 11 is 0. The number of imidazole rings is 1. The van der Waals surface area contributed by atoms with Gasteiger partial charge in [0, 0.05) is 0 Å². The van der Waals surface area contributed by atoms with Crippen molar-refractivity contribution in [3.63, 3.8) is 0 Å². The molecule has 0 radical (unpaired) electrons. The Balaban J connectivity index is 1.48. The minimum absolute atomic E-state index is 0.217. The summed E-state index contributed by atoms with van der Waals surface area (Å²) in [7, 11) is 3.06. The molecule has 2 N–H and O–H groups in total. The molecule has 1 amide bonds. The Morgan fingerprint density at radius 3 is 2.57 bits per heavy atom. The van der Waals surface area contributed by atoms with Crippen LogP contribution in [0.2, 0.25) is 0 Å². The number of nitrogens with zero attached hydrogens (tertiary/aromatic N) is 2. The number of anilines is 1. The normalized spacial score (nSPS) is 11.1. The van der Waals surface area contributed by atoms with Crippen LogP contribution in [0.3, 0.4) is 0 Å². The van der Waals surface area contributed by atoms with Gasteiger partial charge < -0.3 is 24.5 Å². The number of para-hydroxylation sites is 2. The predicted molar refractivity (Wildman–Crippen MR) is 134 cm³/mol. The monoisotopic (exact) mass is 468 g/mol. The number of allylic oxidation sites excluding steroid dienone is 1. The molecule has 0 aliphatic rings. The summed E-state index contributed by atoms with van der Waals surface area (Å²) in [4.78, 5) is 20.1. The van der Waals surface area contributed by atoms with Crippen LogP contribution in [0.1, 0.15) is 17.0 Å². The van der Waals surface area contributed by atoms with Gasteiger partial charge >= 0.3 is 0 Å². The smallest absolute Gasteiger partial charge is 0.262 e. The number of ether oxygens (including phenoxy) is 3. The fourth-order valence-electron chi connectivity index (χ4n) is 3.54. The van der Waals surface area contributed by atoms with Crippen LogP contribution >= 0.6 is 0 Å². The van der Waals surface area contributed by atoms with E-state index in [0.29, 0.717) is 34.3 Å². The SMILES string of the molecule is COc1ccc(C)cc1NC(=O)COc1ccc(/C=C(\C#N)c2nc3ccccc3[nH]2)cc1OC. The first-order valence-electron chi connectivity index (χ1n) is 10.8. The molecule has 0 unspecified atom stereocenters. The number of H-pyrrole nitrogens is 1. The third-order valence-electron chi connectivity index (χ3n) is 5.25. The molecule has 35 heavy (non-hydrogen) atoms. The van der Waals surface area contributed by atoms with Crippen molar-refractivity contribution < 1.29 is 19.0 Å². The van der Waals surface area contributed by atoms with Crippen LogP contribution in [0, 0.1) is 18.3 Å². The number of carbonyl (C=O) groups excluding carboxylic acids is 1. The number of methoxy groups -OCH3 is 2. The van der Waals surface area contributed by atoms with Gasteiger partial charge in [0.05, 0.1) is 36.5 Å². The van der Waals surface area contributed by atoms with Gasteiger partial charge in [-0.3, -0.25) is 4.79 Å². The van der Waals surface area contributed by atoms with E-state index in [0.717, 1.165) is 22.2 Å². The van der Waals surface area contributed by atoms with Crippen molar-refractivity contribution in [3.8, 4) is 23.3 Å². The maximum Gasteiger partial charge on any atom is 0.262 e. The Hall–Kier alpha value is -4.77. The van der Waals surface area contributed by atoms with Gasteiger partial charge in [-0.15, -0.1) is 0 Å². The third-order valence-corrected chi connectivity index (χ3v) is 5.25. The molecule has 8 heteroatoms. The fraction of sp³-hybridized carbons (Fsp3) is 0.148. The number of rotatable bonds is 8. The van der Waals surface area contributed by atoms with Crippen molar-refractivity contribution in [1.29, 1.82) is 5.26 Å². The van der Waals surface area contributed by atoms with Gasteiger partial charge in [0.25, 0.3) is 5.91 Å². The average molecular weight is 469 g/mol. The molecule has 0 aliphatic carbocycles. The van der Waals surface area contributed by atoms with Crippen LogP contribution in [-0.4, -0.2) is 36.7 Å². The standard InChI is InChI=1S/C27H24N4O4/c1-17-8-10-23(33-2)22(12-17)29-26(32)16-35-24-11-9-18(14-25(24)34-3)13-19(15-28)27-30-20-6-4-5-7-21(20)31-27/h4-14H,16H2,1-3H3,(H,29,32)(H,30,31)/b19-13+. The Morgan fingerprint density at radius 1 is 1.06 bits per heavy atom. The van der Waals surface area contributed by atoms with Crippen molar-refractivity contribution in [2.75, 3.05) is 26.1 Å². The second kappa shape index (κ2) is 10.4. The lowest BCUT2D eigenvalue weighted by Gasteiger charge is -2.13. The van der Waals surface area contributed by atoms with Crippen LogP contribution in [-0.2, 0) is 4.79 Å². The Kier molecular flexibility index (Phi) is 6.98. The zero-order chi connectivity index (χ0) is 24.8. The lowest BCUT2D eigenvalue weighted by Crippen LogP contribution is -2.20. The van der Waals surface area contributed by atoms with Crippen molar-refractivity contribution >= 4 is 34.3 Å². The molecule has 0 aliphatic heterocycles. The van der Waals surface area contributed by atoms with Gasteiger partial charge in [-0.1, -0.05) is 24.3 Å². The van der Waals surface area contributed by atoms with E-state index in [9.17, 15) is 10.1 Å². The van der Waals surface area contributed by atoms with E-state index in [-0.39, 0.29) is 12.5 Å². The number of nitrogens with one attached hydrogen (secondary N) is 2. The average Bonchev–Trinajstić information content (AvgIpc) is 3.30.